The van der Waals surface area contributed by atoms with Gasteiger partial charge in [0.25, 0.3) is 0 Å². The molecule has 0 atom stereocenters. The van der Waals surface area contributed by atoms with Gasteiger partial charge in [0, 0.05) is 54.8 Å². The molecule has 27 heavy (non-hydrogen) atoms. The van der Waals surface area contributed by atoms with Gasteiger partial charge in [-0.1, -0.05) is 47.5 Å². The van der Waals surface area contributed by atoms with E-state index in [1.807, 2.05) is 28.8 Å². The number of hydrogen-bond acceptors (Lipinski definition) is 3. The lowest BCUT2D eigenvalue weighted by atomic mass is 10.1. The van der Waals surface area contributed by atoms with Crippen molar-refractivity contribution in [2.45, 2.75) is 26.0 Å². The predicted octanol–water partition coefficient (Wildman–Crippen LogP) is 4.93. The molecule has 144 valence electrons. The maximum Gasteiger partial charge on any atom is 0.223 e. The fourth-order valence-corrected chi connectivity index (χ4v) is 4.37. The molecule has 1 amide bonds. The molecule has 5 heteroatoms. The molecule has 0 unspecified atom stereocenters. The predicted molar refractivity (Wildman–Crippen MR) is 117 cm³/mol. The highest BCUT2D eigenvalue weighted by Crippen LogP contribution is 2.25. The molecule has 2 aromatic carbocycles. The maximum absolute atomic E-state index is 12.5. The van der Waals surface area contributed by atoms with Crippen molar-refractivity contribution in [1.82, 2.24) is 4.90 Å². The second-order valence-electron chi connectivity index (χ2n) is 7.09. The van der Waals surface area contributed by atoms with E-state index in [1.54, 1.807) is 0 Å². The number of anilines is 1. The van der Waals surface area contributed by atoms with Crippen LogP contribution in [-0.2, 0) is 10.5 Å². The van der Waals surface area contributed by atoms with Crippen LogP contribution in [0.15, 0.2) is 42.5 Å². The third-order valence-electron chi connectivity index (χ3n) is 4.99. The first kappa shape index (κ1) is 20.1. The van der Waals surface area contributed by atoms with E-state index in [1.165, 1.54) is 22.4 Å². The number of nitrogens with zero attached hydrogens (tertiary/aromatic N) is 2. The summed E-state index contributed by atoms with van der Waals surface area (Å²) in [7, 11) is 0. The third-order valence-corrected chi connectivity index (χ3v) is 6.26. The summed E-state index contributed by atoms with van der Waals surface area (Å²) >= 11 is 7.98. The third kappa shape index (κ3) is 5.66. The fourth-order valence-electron chi connectivity index (χ4n) is 3.31. The quantitative estimate of drug-likeness (QED) is 0.640. The molecule has 1 fully saturated rings. The first-order valence-electron chi connectivity index (χ1n) is 9.45. The Labute approximate surface area is 171 Å². The van der Waals surface area contributed by atoms with Crippen LogP contribution in [-0.4, -0.2) is 42.7 Å². The van der Waals surface area contributed by atoms with Crippen molar-refractivity contribution in [3.8, 4) is 0 Å². The number of rotatable bonds is 6. The monoisotopic (exact) mass is 402 g/mol. The molecule has 0 aliphatic carbocycles. The molecule has 0 saturated carbocycles. The second kappa shape index (κ2) is 9.52. The lowest BCUT2D eigenvalue weighted by Gasteiger charge is -2.37. The molecule has 1 heterocycles. The van der Waals surface area contributed by atoms with E-state index in [4.69, 9.17) is 11.6 Å². The Hall–Kier alpha value is -1.65. The minimum Gasteiger partial charge on any atom is -0.368 e. The molecule has 0 radical (unpaired) electrons. The van der Waals surface area contributed by atoms with Crippen LogP contribution in [0.1, 0.15) is 23.1 Å². The van der Waals surface area contributed by atoms with Crippen LogP contribution in [0.2, 0.25) is 5.02 Å². The van der Waals surface area contributed by atoms with Crippen molar-refractivity contribution < 1.29 is 4.79 Å². The normalized spacial score (nSPS) is 14.5. The number of amides is 1. The summed E-state index contributed by atoms with van der Waals surface area (Å²) in [5.74, 6) is 2.12. The van der Waals surface area contributed by atoms with E-state index in [2.05, 4.69) is 49.1 Å². The number of benzene rings is 2. The maximum atomic E-state index is 12.5. The summed E-state index contributed by atoms with van der Waals surface area (Å²) in [5.41, 5.74) is 5.02. The highest BCUT2D eigenvalue weighted by molar-refractivity contribution is 7.98. The van der Waals surface area contributed by atoms with Gasteiger partial charge in [-0.3, -0.25) is 4.79 Å². The topological polar surface area (TPSA) is 23.6 Å². The van der Waals surface area contributed by atoms with Crippen molar-refractivity contribution in [3.63, 3.8) is 0 Å². The van der Waals surface area contributed by atoms with Crippen molar-refractivity contribution >= 4 is 35.0 Å². The molecule has 3 nitrogen and oxygen atoms in total. The van der Waals surface area contributed by atoms with E-state index in [0.29, 0.717) is 6.42 Å². The van der Waals surface area contributed by atoms with Crippen LogP contribution in [0.4, 0.5) is 5.69 Å². The number of halogens is 1. The Balaban J connectivity index is 1.40. The lowest BCUT2D eigenvalue weighted by molar-refractivity contribution is -0.131. The van der Waals surface area contributed by atoms with E-state index >= 15 is 0 Å². The van der Waals surface area contributed by atoms with Crippen molar-refractivity contribution in [3.05, 3.63) is 64.2 Å². The molecule has 0 aromatic heterocycles. The van der Waals surface area contributed by atoms with Crippen LogP contribution < -0.4 is 4.90 Å². The smallest absolute Gasteiger partial charge is 0.223 e. The van der Waals surface area contributed by atoms with Gasteiger partial charge in [0.15, 0.2) is 0 Å². The van der Waals surface area contributed by atoms with Gasteiger partial charge in [0.05, 0.1) is 0 Å². The van der Waals surface area contributed by atoms with E-state index in [9.17, 15) is 4.79 Å². The minimum atomic E-state index is 0.272. The average molecular weight is 403 g/mol. The van der Waals surface area contributed by atoms with Crippen LogP contribution in [0, 0.1) is 13.8 Å². The number of piperazine rings is 1. The summed E-state index contributed by atoms with van der Waals surface area (Å²) in [6.45, 7) is 7.51. The van der Waals surface area contributed by atoms with E-state index in [-0.39, 0.29) is 5.91 Å². The van der Waals surface area contributed by atoms with Gasteiger partial charge < -0.3 is 9.80 Å². The summed E-state index contributed by atoms with van der Waals surface area (Å²) in [4.78, 5) is 16.8. The highest BCUT2D eigenvalue weighted by Gasteiger charge is 2.21. The average Bonchev–Trinajstić information content (AvgIpc) is 2.68. The largest absolute Gasteiger partial charge is 0.368 e. The molecule has 3 rings (SSSR count). The Morgan fingerprint density at radius 2 is 1.74 bits per heavy atom. The van der Waals surface area contributed by atoms with Gasteiger partial charge in [-0.05, 0) is 37.1 Å². The minimum absolute atomic E-state index is 0.272. The van der Waals surface area contributed by atoms with Crippen molar-refractivity contribution in [2.24, 2.45) is 0 Å². The van der Waals surface area contributed by atoms with Gasteiger partial charge >= 0.3 is 0 Å². The zero-order valence-corrected chi connectivity index (χ0v) is 17.7. The number of carbonyl (C=O) groups excluding carboxylic acids is 1. The molecule has 0 spiro atoms. The van der Waals surface area contributed by atoms with Crippen LogP contribution in [0.5, 0.6) is 0 Å². The summed E-state index contributed by atoms with van der Waals surface area (Å²) in [6.07, 6.45) is 0.618. The first-order valence-corrected chi connectivity index (χ1v) is 11.0. The number of hydrogen-bond donors (Lipinski definition) is 0. The van der Waals surface area contributed by atoms with Crippen molar-refractivity contribution in [1.29, 1.82) is 0 Å². The van der Waals surface area contributed by atoms with E-state index < -0.39 is 0 Å². The first-order chi connectivity index (χ1) is 13.0. The molecule has 1 saturated heterocycles. The summed E-state index contributed by atoms with van der Waals surface area (Å²) in [6, 6.07) is 14.6. The second-order valence-corrected chi connectivity index (χ2v) is 8.63. The van der Waals surface area contributed by atoms with Gasteiger partial charge in [-0.25, -0.2) is 0 Å². The standard InChI is InChI=1S/C22H27ClN2OS/c1-17-3-6-19(7-4-17)16-27-14-9-22(26)25-12-10-24(11-13-25)21-15-20(23)8-5-18(21)2/h3-8,15H,9-14,16H2,1-2H3. The number of carbonyl (C=O) groups is 1. The molecule has 1 aliphatic rings. The molecular formula is C22H27ClN2OS. The SMILES string of the molecule is Cc1ccc(CSCCC(=O)N2CCN(c3cc(Cl)ccc3C)CC2)cc1. The summed E-state index contributed by atoms with van der Waals surface area (Å²) < 4.78 is 0. The van der Waals surface area contributed by atoms with Gasteiger partial charge in [0.1, 0.15) is 0 Å². The van der Waals surface area contributed by atoms with Crippen molar-refractivity contribution in [2.75, 3.05) is 36.8 Å². The lowest BCUT2D eigenvalue weighted by Crippen LogP contribution is -2.49. The number of thioether (sulfide) groups is 1. The Morgan fingerprint density at radius 3 is 2.44 bits per heavy atom. The molecule has 2 aromatic rings. The van der Waals surface area contributed by atoms with Gasteiger partial charge in [0.2, 0.25) is 5.91 Å². The Morgan fingerprint density at radius 1 is 1.04 bits per heavy atom. The van der Waals surface area contributed by atoms with Crippen LogP contribution in [0.25, 0.3) is 0 Å². The van der Waals surface area contributed by atoms with Crippen LogP contribution >= 0.6 is 23.4 Å². The Bertz CT molecular complexity index is 770. The summed E-state index contributed by atoms with van der Waals surface area (Å²) in [5, 5.41) is 0.764. The van der Waals surface area contributed by atoms with Gasteiger partial charge in [-0.15, -0.1) is 0 Å². The zero-order chi connectivity index (χ0) is 19.2. The Kier molecular flexibility index (Phi) is 7.08. The molecule has 0 bridgehead atoms. The zero-order valence-electron chi connectivity index (χ0n) is 16.1. The van der Waals surface area contributed by atoms with Gasteiger partial charge in [-0.2, -0.15) is 11.8 Å². The molecule has 0 N–H and O–H groups in total. The highest BCUT2D eigenvalue weighted by atomic mass is 35.5. The molecular weight excluding hydrogens is 376 g/mol. The van der Waals surface area contributed by atoms with Crippen LogP contribution in [0.3, 0.4) is 0 Å². The fraction of sp³-hybridized carbons (Fsp3) is 0.409. The molecule has 1 aliphatic heterocycles. The van der Waals surface area contributed by atoms with E-state index in [0.717, 1.165) is 42.7 Å². The number of aryl methyl sites for hydroxylation is 2.